The SMILES string of the molecule is O=C(NC(Cc1cc(F)c2c(c1)OCCO2)CN1CCCC1)C1CCN(c2ccc3ccsc3c2)C1. The fourth-order valence-corrected chi connectivity index (χ4v) is 6.49. The van der Waals surface area contributed by atoms with E-state index in [1.165, 1.54) is 34.7 Å². The first-order valence-corrected chi connectivity index (χ1v) is 13.8. The molecule has 0 saturated carbocycles. The van der Waals surface area contributed by atoms with Crippen LogP contribution in [0.5, 0.6) is 11.5 Å². The summed E-state index contributed by atoms with van der Waals surface area (Å²) < 4.78 is 27.0. The summed E-state index contributed by atoms with van der Waals surface area (Å²) >= 11 is 1.75. The number of rotatable bonds is 7. The normalized spacial score (nSPS) is 20.7. The molecule has 2 aromatic carbocycles. The number of ether oxygens (including phenoxy) is 2. The zero-order chi connectivity index (χ0) is 24.5. The van der Waals surface area contributed by atoms with Gasteiger partial charge < -0.3 is 24.6 Å². The van der Waals surface area contributed by atoms with Gasteiger partial charge in [0.2, 0.25) is 5.91 Å². The molecule has 36 heavy (non-hydrogen) atoms. The fraction of sp³-hybridized carbons (Fsp3) is 0.464. The Hall–Kier alpha value is -2.84. The van der Waals surface area contributed by atoms with Crippen LogP contribution in [0.15, 0.2) is 41.8 Å². The molecule has 6 nitrogen and oxygen atoms in total. The number of carbonyl (C=O) groups excluding carboxylic acids is 1. The number of hydrogen-bond acceptors (Lipinski definition) is 6. The third-order valence-electron chi connectivity index (χ3n) is 7.53. The van der Waals surface area contributed by atoms with E-state index in [2.05, 4.69) is 44.8 Å². The van der Waals surface area contributed by atoms with E-state index in [0.29, 0.717) is 25.4 Å². The van der Waals surface area contributed by atoms with Crippen LogP contribution in [0, 0.1) is 11.7 Å². The number of likely N-dealkylation sites (tertiary alicyclic amines) is 1. The average Bonchev–Trinajstić information content (AvgIpc) is 3.65. The fourth-order valence-electron chi connectivity index (χ4n) is 5.67. The van der Waals surface area contributed by atoms with Crippen molar-refractivity contribution in [2.45, 2.75) is 31.7 Å². The molecule has 3 aliphatic heterocycles. The second-order valence-corrected chi connectivity index (χ2v) is 11.0. The van der Waals surface area contributed by atoms with Gasteiger partial charge in [0.25, 0.3) is 0 Å². The van der Waals surface area contributed by atoms with Crippen LogP contribution in [0.25, 0.3) is 10.1 Å². The minimum atomic E-state index is -0.400. The number of anilines is 1. The van der Waals surface area contributed by atoms with Gasteiger partial charge in [0, 0.05) is 36.1 Å². The maximum absolute atomic E-state index is 14.7. The molecule has 2 atom stereocenters. The van der Waals surface area contributed by atoms with Crippen LogP contribution >= 0.6 is 11.3 Å². The lowest BCUT2D eigenvalue weighted by molar-refractivity contribution is -0.125. The van der Waals surface area contributed by atoms with Crippen LogP contribution in [0.2, 0.25) is 0 Å². The predicted octanol–water partition coefficient (Wildman–Crippen LogP) is 4.46. The molecule has 8 heteroatoms. The summed E-state index contributed by atoms with van der Waals surface area (Å²) in [6.07, 6.45) is 3.77. The van der Waals surface area contributed by atoms with Gasteiger partial charge in [-0.3, -0.25) is 4.79 Å². The highest BCUT2D eigenvalue weighted by Crippen LogP contribution is 2.35. The minimum Gasteiger partial charge on any atom is -0.486 e. The number of benzene rings is 2. The van der Waals surface area contributed by atoms with Gasteiger partial charge in [0.05, 0.1) is 5.92 Å². The summed E-state index contributed by atoms with van der Waals surface area (Å²) in [6, 6.07) is 12.0. The molecule has 1 amide bonds. The van der Waals surface area contributed by atoms with Crippen LogP contribution in [-0.4, -0.2) is 62.8 Å². The standard InChI is InChI=1S/C28H32FN3O3S/c29-24-14-19(15-25-27(24)35-11-10-34-25)13-22(18-31-7-1-2-8-31)30-28(33)21-5-9-32(17-21)23-4-3-20-6-12-36-26(20)16-23/h3-4,6,12,14-16,21-22H,1-2,5,7-11,13,17-18H2,(H,30,33). The number of hydrogen-bond donors (Lipinski definition) is 1. The molecule has 1 aromatic heterocycles. The van der Waals surface area contributed by atoms with Crippen molar-refractivity contribution in [3.63, 3.8) is 0 Å². The number of fused-ring (bicyclic) bond motifs is 2. The number of thiophene rings is 1. The van der Waals surface area contributed by atoms with Crippen molar-refractivity contribution in [1.82, 2.24) is 10.2 Å². The number of nitrogens with zero attached hydrogens (tertiary/aromatic N) is 2. The molecule has 0 aliphatic carbocycles. The number of carbonyl (C=O) groups is 1. The Morgan fingerprint density at radius 2 is 1.97 bits per heavy atom. The van der Waals surface area contributed by atoms with Gasteiger partial charge in [0.15, 0.2) is 17.3 Å². The molecular formula is C28H32FN3O3S. The lowest BCUT2D eigenvalue weighted by Crippen LogP contribution is -2.47. The largest absolute Gasteiger partial charge is 0.486 e. The maximum Gasteiger partial charge on any atom is 0.225 e. The predicted molar refractivity (Wildman–Crippen MR) is 141 cm³/mol. The van der Waals surface area contributed by atoms with Gasteiger partial charge >= 0.3 is 0 Å². The van der Waals surface area contributed by atoms with Crippen LogP contribution < -0.4 is 19.7 Å². The molecule has 1 N–H and O–H groups in total. The van der Waals surface area contributed by atoms with Gasteiger partial charge in [-0.15, -0.1) is 11.3 Å². The zero-order valence-electron chi connectivity index (χ0n) is 20.4. The van der Waals surface area contributed by atoms with E-state index >= 15 is 0 Å². The summed E-state index contributed by atoms with van der Waals surface area (Å²) in [5.41, 5.74) is 2.00. The van der Waals surface area contributed by atoms with Crippen LogP contribution in [0.4, 0.5) is 10.1 Å². The van der Waals surface area contributed by atoms with Crippen molar-refractivity contribution >= 4 is 33.0 Å². The van der Waals surface area contributed by atoms with Crippen molar-refractivity contribution in [3.8, 4) is 11.5 Å². The summed E-state index contributed by atoms with van der Waals surface area (Å²) in [5, 5.41) is 6.71. The summed E-state index contributed by atoms with van der Waals surface area (Å²) in [5.74, 6) is 0.287. The van der Waals surface area contributed by atoms with E-state index in [1.54, 1.807) is 11.3 Å². The molecule has 6 rings (SSSR count). The first kappa shape index (κ1) is 23.6. The highest BCUT2D eigenvalue weighted by molar-refractivity contribution is 7.17. The van der Waals surface area contributed by atoms with Crippen LogP contribution in [0.1, 0.15) is 24.8 Å². The molecule has 190 valence electrons. The Labute approximate surface area is 215 Å². The summed E-state index contributed by atoms with van der Waals surface area (Å²) in [6.45, 7) is 5.23. The lowest BCUT2D eigenvalue weighted by Gasteiger charge is -2.27. The van der Waals surface area contributed by atoms with Crippen molar-refractivity contribution < 1.29 is 18.7 Å². The molecule has 2 fully saturated rings. The quantitative estimate of drug-likeness (QED) is 0.510. The second-order valence-electron chi connectivity index (χ2n) is 10.1. The molecule has 0 radical (unpaired) electrons. The van der Waals surface area contributed by atoms with Gasteiger partial charge in [-0.2, -0.15) is 0 Å². The lowest BCUT2D eigenvalue weighted by atomic mass is 10.0. The highest BCUT2D eigenvalue weighted by Gasteiger charge is 2.31. The summed E-state index contributed by atoms with van der Waals surface area (Å²) in [4.78, 5) is 18.1. The molecule has 3 aliphatic rings. The Morgan fingerprint density at radius 1 is 1.11 bits per heavy atom. The topological polar surface area (TPSA) is 54.0 Å². The first-order chi connectivity index (χ1) is 17.6. The number of amides is 1. The monoisotopic (exact) mass is 509 g/mol. The molecule has 2 saturated heterocycles. The molecule has 0 spiro atoms. The van der Waals surface area contributed by atoms with Crippen molar-refractivity contribution in [3.05, 3.63) is 53.2 Å². The molecule has 4 heterocycles. The third kappa shape index (κ3) is 5.02. The van der Waals surface area contributed by atoms with Gasteiger partial charge in [-0.1, -0.05) is 6.07 Å². The van der Waals surface area contributed by atoms with Crippen molar-refractivity contribution in [2.75, 3.05) is 50.8 Å². The molecule has 3 aromatic rings. The van der Waals surface area contributed by atoms with Gasteiger partial charge in [-0.05, 0) is 85.4 Å². The van der Waals surface area contributed by atoms with E-state index in [4.69, 9.17) is 9.47 Å². The van der Waals surface area contributed by atoms with Gasteiger partial charge in [-0.25, -0.2) is 4.39 Å². The second kappa shape index (κ2) is 10.3. The number of halogens is 1. The summed E-state index contributed by atoms with van der Waals surface area (Å²) in [7, 11) is 0. The number of nitrogens with one attached hydrogen (secondary N) is 1. The van der Waals surface area contributed by atoms with Crippen molar-refractivity contribution in [1.29, 1.82) is 0 Å². The zero-order valence-corrected chi connectivity index (χ0v) is 21.2. The Morgan fingerprint density at radius 3 is 2.86 bits per heavy atom. The smallest absolute Gasteiger partial charge is 0.225 e. The molecule has 0 bridgehead atoms. The van der Waals surface area contributed by atoms with E-state index in [9.17, 15) is 9.18 Å². The average molecular weight is 510 g/mol. The van der Waals surface area contributed by atoms with E-state index in [-0.39, 0.29) is 23.6 Å². The first-order valence-electron chi connectivity index (χ1n) is 13.0. The third-order valence-corrected chi connectivity index (χ3v) is 8.41. The maximum atomic E-state index is 14.7. The van der Waals surface area contributed by atoms with Crippen LogP contribution in [0.3, 0.4) is 0 Å². The Bertz CT molecular complexity index is 1240. The van der Waals surface area contributed by atoms with Gasteiger partial charge in [0.1, 0.15) is 13.2 Å². The molecular weight excluding hydrogens is 477 g/mol. The van der Waals surface area contributed by atoms with E-state index < -0.39 is 5.82 Å². The van der Waals surface area contributed by atoms with Crippen molar-refractivity contribution in [2.24, 2.45) is 5.92 Å². The Balaban J connectivity index is 1.14. The minimum absolute atomic E-state index is 0.0536. The highest BCUT2D eigenvalue weighted by atomic mass is 32.1. The van der Waals surface area contributed by atoms with Crippen LogP contribution in [-0.2, 0) is 11.2 Å². The Kier molecular flexibility index (Phi) is 6.71. The molecule has 2 unspecified atom stereocenters. The van der Waals surface area contributed by atoms with E-state index in [1.807, 2.05) is 6.07 Å². The van der Waals surface area contributed by atoms with E-state index in [0.717, 1.165) is 44.7 Å².